The summed E-state index contributed by atoms with van der Waals surface area (Å²) in [6.07, 6.45) is 8.52. The average molecular weight is 287 g/mol. The van der Waals surface area contributed by atoms with Gasteiger partial charge in [-0.2, -0.15) is 5.10 Å². The molecule has 1 fully saturated rings. The molecular formula is C15H17N3OS. The average Bonchev–Trinajstić information content (AvgIpc) is 3.03. The van der Waals surface area contributed by atoms with Gasteiger partial charge in [-0.1, -0.05) is 24.3 Å². The Labute approximate surface area is 123 Å². The number of allylic oxidation sites excluding steroid dienone is 1. The largest absolute Gasteiger partial charge is 0.507 e. The molecule has 0 saturated heterocycles. The molecular weight excluding hydrogens is 270 g/mol. The molecule has 3 rings (SSSR count). The molecule has 4 nitrogen and oxygen atoms in total. The third-order valence-corrected chi connectivity index (χ3v) is 4.11. The van der Waals surface area contributed by atoms with Crippen LogP contribution in [0.3, 0.4) is 0 Å². The van der Waals surface area contributed by atoms with Crippen molar-refractivity contribution in [3.8, 4) is 5.75 Å². The second kappa shape index (κ2) is 5.63. The van der Waals surface area contributed by atoms with E-state index in [0.29, 0.717) is 28.6 Å². The summed E-state index contributed by atoms with van der Waals surface area (Å²) in [4.78, 5) is 0. The highest BCUT2D eigenvalue weighted by atomic mass is 32.1. The Balaban J connectivity index is 1.50. The smallest absolute Gasteiger partial charge is 0.187 e. The molecule has 5 heteroatoms. The molecule has 104 valence electrons. The SMILES string of the molecule is Oc1ccccc1C=NNC(=S)NC1CC2C=CC1C2. The normalized spacial score (nSPS) is 27.1. The third kappa shape index (κ3) is 2.82. The van der Waals surface area contributed by atoms with Gasteiger partial charge in [0.05, 0.1) is 6.21 Å². The summed E-state index contributed by atoms with van der Waals surface area (Å²) in [7, 11) is 0. The molecule has 20 heavy (non-hydrogen) atoms. The predicted octanol–water partition coefficient (Wildman–Crippen LogP) is 2.15. The molecule has 0 amide bonds. The maximum Gasteiger partial charge on any atom is 0.187 e. The molecule has 3 unspecified atom stereocenters. The van der Waals surface area contributed by atoms with E-state index in [0.717, 1.165) is 6.42 Å². The number of nitrogens with zero attached hydrogens (tertiary/aromatic N) is 1. The number of fused-ring (bicyclic) bond motifs is 2. The summed E-state index contributed by atoms with van der Waals surface area (Å²) < 4.78 is 0. The molecule has 3 N–H and O–H groups in total. The van der Waals surface area contributed by atoms with Crippen LogP contribution in [0.25, 0.3) is 0 Å². The van der Waals surface area contributed by atoms with Crippen molar-refractivity contribution < 1.29 is 5.11 Å². The van der Waals surface area contributed by atoms with Gasteiger partial charge in [-0.25, -0.2) is 0 Å². The van der Waals surface area contributed by atoms with E-state index < -0.39 is 0 Å². The Morgan fingerprint density at radius 1 is 1.30 bits per heavy atom. The van der Waals surface area contributed by atoms with Gasteiger partial charge in [-0.05, 0) is 49.0 Å². The van der Waals surface area contributed by atoms with Gasteiger partial charge in [0.15, 0.2) is 5.11 Å². The van der Waals surface area contributed by atoms with Crippen molar-refractivity contribution >= 4 is 23.5 Å². The van der Waals surface area contributed by atoms with Gasteiger partial charge in [0.1, 0.15) is 5.75 Å². The van der Waals surface area contributed by atoms with E-state index in [1.54, 1.807) is 24.4 Å². The monoisotopic (exact) mass is 287 g/mol. The number of para-hydroxylation sites is 1. The molecule has 0 radical (unpaired) electrons. The molecule has 2 bridgehead atoms. The third-order valence-electron chi connectivity index (χ3n) is 3.90. The molecule has 1 aromatic carbocycles. The van der Waals surface area contributed by atoms with Crippen molar-refractivity contribution in [2.75, 3.05) is 0 Å². The number of hydrazone groups is 1. The summed E-state index contributed by atoms with van der Waals surface area (Å²) in [5.41, 5.74) is 3.46. The van der Waals surface area contributed by atoms with E-state index in [-0.39, 0.29) is 5.75 Å². The summed E-state index contributed by atoms with van der Waals surface area (Å²) in [6.45, 7) is 0. The second-order valence-corrected chi connectivity index (χ2v) is 5.70. The highest BCUT2D eigenvalue weighted by molar-refractivity contribution is 7.80. The molecule has 0 heterocycles. The van der Waals surface area contributed by atoms with Crippen molar-refractivity contribution in [3.05, 3.63) is 42.0 Å². The Kier molecular flexibility index (Phi) is 3.69. The number of benzene rings is 1. The van der Waals surface area contributed by atoms with Gasteiger partial charge in [-0.15, -0.1) is 0 Å². The van der Waals surface area contributed by atoms with Gasteiger partial charge in [0, 0.05) is 11.6 Å². The first kappa shape index (κ1) is 13.1. The predicted molar refractivity (Wildman–Crippen MR) is 83.7 cm³/mol. The van der Waals surface area contributed by atoms with Gasteiger partial charge >= 0.3 is 0 Å². The number of aromatic hydroxyl groups is 1. The van der Waals surface area contributed by atoms with Crippen LogP contribution in [-0.2, 0) is 0 Å². The van der Waals surface area contributed by atoms with Crippen LogP contribution in [0.15, 0.2) is 41.5 Å². The van der Waals surface area contributed by atoms with Crippen LogP contribution < -0.4 is 10.7 Å². The Morgan fingerprint density at radius 2 is 2.15 bits per heavy atom. The van der Waals surface area contributed by atoms with E-state index in [2.05, 4.69) is 28.0 Å². The van der Waals surface area contributed by atoms with Gasteiger partial charge < -0.3 is 10.4 Å². The minimum absolute atomic E-state index is 0.204. The summed E-state index contributed by atoms with van der Waals surface area (Å²) in [6, 6.07) is 7.45. The van der Waals surface area contributed by atoms with E-state index in [1.807, 2.05) is 6.07 Å². The number of phenols is 1. The fourth-order valence-corrected chi connectivity index (χ4v) is 3.11. The van der Waals surface area contributed by atoms with Crippen LogP contribution in [0.4, 0.5) is 0 Å². The van der Waals surface area contributed by atoms with Crippen molar-refractivity contribution in [2.45, 2.75) is 18.9 Å². The second-order valence-electron chi connectivity index (χ2n) is 5.29. The molecule has 0 aromatic heterocycles. The van der Waals surface area contributed by atoms with Crippen LogP contribution in [0.1, 0.15) is 18.4 Å². The first-order chi connectivity index (χ1) is 9.72. The number of hydrogen-bond donors (Lipinski definition) is 3. The standard InChI is InChI=1S/C15H17N3OS/c19-14-4-2-1-3-12(14)9-16-18-15(20)17-13-8-10-5-6-11(13)7-10/h1-6,9-11,13,19H,7-8H2,(H2,17,18,20). The molecule has 2 aliphatic rings. The zero-order valence-electron chi connectivity index (χ0n) is 11.0. The van der Waals surface area contributed by atoms with Crippen LogP contribution in [0.2, 0.25) is 0 Å². The van der Waals surface area contributed by atoms with E-state index in [9.17, 15) is 5.11 Å². The number of nitrogens with one attached hydrogen (secondary N) is 2. The van der Waals surface area contributed by atoms with Gasteiger partial charge in [-0.3, -0.25) is 5.43 Å². The number of phenolic OH excluding ortho intramolecular Hbond substituents is 1. The lowest BCUT2D eigenvalue weighted by Crippen LogP contribution is -2.42. The van der Waals surface area contributed by atoms with E-state index >= 15 is 0 Å². The maximum absolute atomic E-state index is 9.60. The molecule has 0 spiro atoms. The highest BCUT2D eigenvalue weighted by Gasteiger charge is 2.35. The molecule has 3 atom stereocenters. The van der Waals surface area contributed by atoms with Crippen molar-refractivity contribution in [1.29, 1.82) is 0 Å². The topological polar surface area (TPSA) is 56.7 Å². The molecule has 1 saturated carbocycles. The fourth-order valence-electron chi connectivity index (χ4n) is 2.90. The summed E-state index contributed by atoms with van der Waals surface area (Å²) >= 11 is 5.23. The lowest BCUT2D eigenvalue weighted by Gasteiger charge is -2.20. The van der Waals surface area contributed by atoms with Crippen molar-refractivity contribution in [1.82, 2.24) is 10.7 Å². The number of rotatable bonds is 3. The zero-order chi connectivity index (χ0) is 13.9. The number of hydrogen-bond acceptors (Lipinski definition) is 3. The van der Waals surface area contributed by atoms with Crippen molar-refractivity contribution in [3.63, 3.8) is 0 Å². The van der Waals surface area contributed by atoms with Crippen molar-refractivity contribution in [2.24, 2.45) is 16.9 Å². The quantitative estimate of drug-likeness (QED) is 0.345. The van der Waals surface area contributed by atoms with E-state index in [1.165, 1.54) is 6.42 Å². The van der Waals surface area contributed by atoms with Crippen LogP contribution in [0.5, 0.6) is 5.75 Å². The molecule has 0 aliphatic heterocycles. The highest BCUT2D eigenvalue weighted by Crippen LogP contribution is 2.38. The van der Waals surface area contributed by atoms with Gasteiger partial charge in [0.25, 0.3) is 0 Å². The Morgan fingerprint density at radius 3 is 2.85 bits per heavy atom. The molecule has 1 aromatic rings. The first-order valence-electron chi connectivity index (χ1n) is 6.78. The number of thiocarbonyl (C=S) groups is 1. The minimum Gasteiger partial charge on any atom is -0.507 e. The Bertz CT molecular complexity index is 570. The van der Waals surface area contributed by atoms with E-state index in [4.69, 9.17) is 12.2 Å². The fraction of sp³-hybridized carbons (Fsp3) is 0.333. The summed E-state index contributed by atoms with van der Waals surface area (Å²) in [5, 5.41) is 17.5. The van der Waals surface area contributed by atoms with Crippen LogP contribution >= 0.6 is 12.2 Å². The zero-order valence-corrected chi connectivity index (χ0v) is 11.8. The van der Waals surface area contributed by atoms with Gasteiger partial charge in [0.2, 0.25) is 0 Å². The lowest BCUT2D eigenvalue weighted by atomic mass is 10.0. The minimum atomic E-state index is 0.204. The Hall–Kier alpha value is -1.88. The van der Waals surface area contributed by atoms with Crippen LogP contribution in [-0.4, -0.2) is 22.5 Å². The molecule has 2 aliphatic carbocycles. The lowest BCUT2D eigenvalue weighted by molar-refractivity contribution is 0.474. The van der Waals surface area contributed by atoms with Crippen LogP contribution in [0, 0.1) is 11.8 Å². The maximum atomic E-state index is 9.60. The summed E-state index contributed by atoms with van der Waals surface area (Å²) in [5.74, 6) is 1.52. The first-order valence-corrected chi connectivity index (χ1v) is 7.19.